The largest absolute Gasteiger partial charge is 0.444 e. The van der Waals surface area contributed by atoms with Crippen molar-refractivity contribution in [2.24, 2.45) is 0 Å². The van der Waals surface area contributed by atoms with E-state index in [4.69, 9.17) is 4.74 Å². The van der Waals surface area contributed by atoms with Crippen molar-refractivity contribution >= 4 is 36.2 Å². The summed E-state index contributed by atoms with van der Waals surface area (Å²) in [6.45, 7) is 9.11. The highest BCUT2D eigenvalue weighted by Crippen LogP contribution is 2.37. The molecular weight excluding hydrogens is 462 g/mol. The van der Waals surface area contributed by atoms with E-state index in [1.807, 2.05) is 62.4 Å². The summed E-state index contributed by atoms with van der Waals surface area (Å²) in [5.74, 6) is -0.591. The third kappa shape index (κ3) is 7.01. The van der Waals surface area contributed by atoms with Crippen LogP contribution in [0.5, 0.6) is 0 Å². The van der Waals surface area contributed by atoms with Crippen molar-refractivity contribution in [2.75, 3.05) is 11.1 Å². The second kappa shape index (κ2) is 11.2. The Labute approximate surface area is 213 Å². The Morgan fingerprint density at radius 2 is 1.63 bits per heavy atom. The molecule has 0 spiro atoms. The van der Waals surface area contributed by atoms with Crippen molar-refractivity contribution in [3.8, 4) is 0 Å². The molecule has 1 fully saturated rings. The van der Waals surface area contributed by atoms with Crippen LogP contribution >= 0.6 is 12.6 Å². The molecular formula is C27H35N3O4S. The fraction of sp³-hybridized carbons (Fsp3) is 0.444. The minimum atomic E-state index is -0.938. The summed E-state index contributed by atoms with van der Waals surface area (Å²) >= 11 is 4.33. The Bertz CT molecular complexity index is 1080. The van der Waals surface area contributed by atoms with Crippen molar-refractivity contribution in [2.45, 2.75) is 71.2 Å². The van der Waals surface area contributed by atoms with E-state index < -0.39 is 23.8 Å². The Balaban J connectivity index is 1.96. The van der Waals surface area contributed by atoms with E-state index in [0.717, 1.165) is 29.5 Å². The van der Waals surface area contributed by atoms with Crippen molar-refractivity contribution in [1.29, 1.82) is 0 Å². The van der Waals surface area contributed by atoms with E-state index in [1.54, 1.807) is 25.7 Å². The van der Waals surface area contributed by atoms with Crippen LogP contribution in [-0.2, 0) is 14.3 Å². The maximum absolute atomic E-state index is 13.8. The quantitative estimate of drug-likeness (QED) is 0.457. The van der Waals surface area contributed by atoms with Gasteiger partial charge in [0.15, 0.2) is 0 Å². The molecule has 1 aliphatic rings. The molecule has 2 atom stereocenters. The smallest absolute Gasteiger partial charge is 0.408 e. The zero-order valence-electron chi connectivity index (χ0n) is 21.0. The van der Waals surface area contributed by atoms with E-state index in [9.17, 15) is 14.4 Å². The van der Waals surface area contributed by atoms with E-state index in [1.165, 1.54) is 0 Å². The third-order valence-corrected chi connectivity index (χ3v) is 6.14. The van der Waals surface area contributed by atoms with E-state index in [-0.39, 0.29) is 23.6 Å². The first-order valence-electron chi connectivity index (χ1n) is 11.9. The molecule has 0 saturated heterocycles. The normalized spacial score (nSPS) is 15.0. The second-order valence-corrected chi connectivity index (χ2v) is 10.3. The summed E-state index contributed by atoms with van der Waals surface area (Å²) in [7, 11) is 0. The predicted octanol–water partition coefficient (Wildman–Crippen LogP) is 4.80. The fourth-order valence-corrected chi connectivity index (χ4v) is 4.16. The molecule has 35 heavy (non-hydrogen) atoms. The van der Waals surface area contributed by atoms with Gasteiger partial charge in [0.1, 0.15) is 17.7 Å². The molecule has 0 radical (unpaired) electrons. The number of ether oxygens (including phenoxy) is 1. The molecule has 0 aromatic heterocycles. The molecule has 1 saturated carbocycles. The average molecular weight is 498 g/mol. The highest BCUT2D eigenvalue weighted by molar-refractivity contribution is 7.80. The standard InChI is InChI=1S/C27H35N3O4S/c1-17-10-6-8-12-20(17)23(24(31)28-21-13-9-7-11-18(21)2)30(19-14-15-19)25(32)22(16-35)29-26(33)34-27(3,4)5/h6-13,19,22-23,35H,14-16H2,1-5H3,(H,28,31)(H,29,33). The van der Waals surface area contributed by atoms with Crippen LogP contribution in [0, 0.1) is 13.8 Å². The number of alkyl carbamates (subject to hydrolysis) is 1. The lowest BCUT2D eigenvalue weighted by molar-refractivity contribution is -0.141. The van der Waals surface area contributed by atoms with Gasteiger partial charge in [-0.1, -0.05) is 42.5 Å². The Morgan fingerprint density at radius 1 is 1.03 bits per heavy atom. The van der Waals surface area contributed by atoms with Gasteiger partial charge in [0.2, 0.25) is 5.91 Å². The van der Waals surface area contributed by atoms with Crippen molar-refractivity contribution in [1.82, 2.24) is 10.2 Å². The number of benzene rings is 2. The number of carbonyl (C=O) groups is 3. The van der Waals surface area contributed by atoms with Crippen LogP contribution < -0.4 is 10.6 Å². The van der Waals surface area contributed by atoms with Crippen LogP contribution in [-0.4, -0.2) is 46.2 Å². The number of rotatable bonds is 8. The fourth-order valence-electron chi connectivity index (χ4n) is 3.91. The number of hydrogen-bond acceptors (Lipinski definition) is 5. The molecule has 3 amide bonds. The van der Waals surface area contributed by atoms with Crippen molar-refractivity contribution < 1.29 is 19.1 Å². The van der Waals surface area contributed by atoms with Gasteiger partial charge in [0.05, 0.1) is 0 Å². The molecule has 1 aliphatic carbocycles. The summed E-state index contributed by atoms with van der Waals surface area (Å²) in [6.07, 6.45) is 0.882. The number of para-hydroxylation sites is 1. The number of carbonyl (C=O) groups excluding carboxylic acids is 3. The first-order chi connectivity index (χ1) is 16.5. The molecule has 0 aliphatic heterocycles. The van der Waals surface area contributed by atoms with Gasteiger partial charge >= 0.3 is 6.09 Å². The first kappa shape index (κ1) is 26.6. The van der Waals surface area contributed by atoms with Crippen molar-refractivity contribution in [3.05, 3.63) is 65.2 Å². The van der Waals surface area contributed by atoms with Crippen LogP contribution in [0.15, 0.2) is 48.5 Å². The van der Waals surface area contributed by atoms with Crippen LogP contribution in [0.4, 0.5) is 10.5 Å². The van der Waals surface area contributed by atoms with Crippen LogP contribution in [0.25, 0.3) is 0 Å². The molecule has 7 nitrogen and oxygen atoms in total. The SMILES string of the molecule is Cc1ccccc1NC(=O)C(c1ccccc1C)N(C(=O)C(CS)NC(=O)OC(C)(C)C)C1CC1. The van der Waals surface area contributed by atoms with Crippen LogP contribution in [0.1, 0.15) is 56.3 Å². The van der Waals surface area contributed by atoms with E-state index in [2.05, 4.69) is 23.3 Å². The highest BCUT2D eigenvalue weighted by atomic mass is 32.1. The number of thiol groups is 1. The molecule has 0 bridgehead atoms. The van der Waals surface area contributed by atoms with Crippen LogP contribution in [0.3, 0.4) is 0 Å². The second-order valence-electron chi connectivity index (χ2n) is 9.92. The maximum atomic E-state index is 13.8. The monoisotopic (exact) mass is 497 g/mol. The molecule has 2 unspecified atom stereocenters. The Kier molecular flexibility index (Phi) is 8.48. The molecule has 0 heterocycles. The lowest BCUT2D eigenvalue weighted by atomic mass is 9.97. The number of nitrogens with zero attached hydrogens (tertiary/aromatic N) is 1. The number of hydrogen-bond donors (Lipinski definition) is 3. The topological polar surface area (TPSA) is 87.7 Å². The van der Waals surface area contributed by atoms with Gasteiger partial charge in [0.25, 0.3) is 5.91 Å². The molecule has 3 rings (SSSR count). The van der Waals surface area contributed by atoms with Gasteiger partial charge in [-0.15, -0.1) is 0 Å². The highest BCUT2D eigenvalue weighted by Gasteiger charge is 2.44. The van der Waals surface area contributed by atoms with E-state index >= 15 is 0 Å². The molecule has 2 N–H and O–H groups in total. The lowest BCUT2D eigenvalue weighted by Gasteiger charge is -2.35. The number of nitrogens with one attached hydrogen (secondary N) is 2. The Morgan fingerprint density at radius 3 is 2.17 bits per heavy atom. The minimum absolute atomic E-state index is 0.0706. The number of amides is 3. The summed E-state index contributed by atoms with van der Waals surface area (Å²) in [5, 5.41) is 5.66. The zero-order chi connectivity index (χ0) is 25.8. The maximum Gasteiger partial charge on any atom is 0.408 e. The van der Waals surface area contributed by atoms with Gasteiger partial charge < -0.3 is 20.3 Å². The lowest BCUT2D eigenvalue weighted by Crippen LogP contribution is -2.54. The summed E-state index contributed by atoms with van der Waals surface area (Å²) in [6, 6.07) is 13.2. The Hall–Kier alpha value is -3.00. The van der Waals surface area contributed by atoms with Gasteiger partial charge in [-0.3, -0.25) is 9.59 Å². The third-order valence-electron chi connectivity index (χ3n) is 5.78. The first-order valence-corrected chi connectivity index (χ1v) is 12.5. The van der Waals surface area contributed by atoms with E-state index in [0.29, 0.717) is 5.69 Å². The zero-order valence-corrected chi connectivity index (χ0v) is 21.9. The molecule has 2 aromatic carbocycles. The minimum Gasteiger partial charge on any atom is -0.444 e. The molecule has 8 heteroatoms. The number of anilines is 1. The van der Waals surface area contributed by atoms with Gasteiger partial charge in [-0.25, -0.2) is 4.79 Å². The average Bonchev–Trinajstić information content (AvgIpc) is 3.61. The van der Waals surface area contributed by atoms with Gasteiger partial charge in [-0.2, -0.15) is 12.6 Å². The predicted molar refractivity (Wildman–Crippen MR) is 141 cm³/mol. The summed E-state index contributed by atoms with van der Waals surface area (Å²) in [5.41, 5.74) is 2.56. The van der Waals surface area contributed by atoms with Gasteiger partial charge in [-0.05, 0) is 70.2 Å². The molecule has 188 valence electrons. The summed E-state index contributed by atoms with van der Waals surface area (Å²) < 4.78 is 5.35. The summed E-state index contributed by atoms with van der Waals surface area (Å²) in [4.78, 5) is 41.7. The van der Waals surface area contributed by atoms with Gasteiger partial charge in [0, 0.05) is 17.5 Å². The van der Waals surface area contributed by atoms with Crippen LogP contribution in [0.2, 0.25) is 0 Å². The van der Waals surface area contributed by atoms with Crippen molar-refractivity contribution in [3.63, 3.8) is 0 Å². The number of aryl methyl sites for hydroxylation is 2. The molecule has 2 aromatic rings.